The molecule has 3 nitrogen and oxygen atoms in total. The number of nitrogens with zero attached hydrogens (tertiary/aromatic N) is 1. The van der Waals surface area contributed by atoms with Crippen LogP contribution in [0.1, 0.15) is 31.2 Å². The highest BCUT2D eigenvalue weighted by atomic mass is 16.2. The number of nitrogens with one attached hydrogen (secondary N) is 1. The molecule has 19 heavy (non-hydrogen) atoms. The van der Waals surface area contributed by atoms with Crippen LogP contribution in [0.25, 0.3) is 10.9 Å². The van der Waals surface area contributed by atoms with Crippen LogP contribution in [0.4, 0.5) is 5.82 Å². The third-order valence-corrected chi connectivity index (χ3v) is 3.29. The molecule has 0 amide bonds. The molecule has 0 aliphatic carbocycles. The van der Waals surface area contributed by atoms with Crippen LogP contribution in [-0.2, 0) is 0 Å². The lowest BCUT2D eigenvalue weighted by molar-refractivity contribution is 0.283. The highest BCUT2D eigenvalue weighted by molar-refractivity contribution is 5.81. The van der Waals surface area contributed by atoms with Crippen LogP contribution < -0.4 is 5.32 Å². The van der Waals surface area contributed by atoms with Crippen LogP contribution >= 0.6 is 0 Å². The van der Waals surface area contributed by atoms with E-state index in [4.69, 9.17) is 5.11 Å². The highest BCUT2D eigenvalue weighted by Crippen LogP contribution is 2.19. The zero-order valence-electron chi connectivity index (χ0n) is 11.5. The molecule has 0 spiro atoms. The van der Waals surface area contributed by atoms with E-state index in [9.17, 15) is 0 Å². The van der Waals surface area contributed by atoms with Crippen molar-refractivity contribution in [2.75, 3.05) is 18.5 Å². The Labute approximate surface area is 114 Å². The summed E-state index contributed by atoms with van der Waals surface area (Å²) >= 11 is 0. The van der Waals surface area contributed by atoms with Crippen molar-refractivity contribution in [2.24, 2.45) is 0 Å². The number of para-hydroxylation sites is 1. The minimum atomic E-state index is 0.304. The van der Waals surface area contributed by atoms with Crippen LogP contribution in [0.15, 0.2) is 30.3 Å². The lowest BCUT2D eigenvalue weighted by Gasteiger charge is -2.10. The van der Waals surface area contributed by atoms with Gasteiger partial charge in [-0.2, -0.15) is 0 Å². The van der Waals surface area contributed by atoms with Crippen molar-refractivity contribution in [3.63, 3.8) is 0 Å². The van der Waals surface area contributed by atoms with Gasteiger partial charge in [-0.1, -0.05) is 31.0 Å². The van der Waals surface area contributed by atoms with Crippen molar-refractivity contribution in [1.82, 2.24) is 4.98 Å². The van der Waals surface area contributed by atoms with Gasteiger partial charge in [-0.25, -0.2) is 4.98 Å². The molecule has 102 valence electrons. The van der Waals surface area contributed by atoms with Crippen molar-refractivity contribution >= 4 is 16.7 Å². The number of aromatic nitrogens is 1. The van der Waals surface area contributed by atoms with Gasteiger partial charge in [0.25, 0.3) is 0 Å². The largest absolute Gasteiger partial charge is 0.396 e. The molecular weight excluding hydrogens is 236 g/mol. The fraction of sp³-hybridized carbons (Fsp3) is 0.438. The summed E-state index contributed by atoms with van der Waals surface area (Å²) in [6.07, 6.45) is 4.28. The number of benzene rings is 1. The number of aliphatic hydroxyl groups excluding tert-OH is 1. The molecule has 0 saturated heterocycles. The molecule has 0 atom stereocenters. The normalized spacial score (nSPS) is 10.8. The van der Waals surface area contributed by atoms with Gasteiger partial charge >= 0.3 is 0 Å². The molecule has 0 aliphatic rings. The average Bonchev–Trinajstić information content (AvgIpc) is 2.43. The number of aryl methyl sites for hydroxylation is 1. The fourth-order valence-electron chi connectivity index (χ4n) is 2.20. The van der Waals surface area contributed by atoms with Gasteiger partial charge < -0.3 is 10.4 Å². The van der Waals surface area contributed by atoms with Crippen LogP contribution in [-0.4, -0.2) is 23.2 Å². The van der Waals surface area contributed by atoms with E-state index >= 15 is 0 Å². The molecule has 1 heterocycles. The summed E-state index contributed by atoms with van der Waals surface area (Å²) in [5, 5.41) is 13.3. The minimum Gasteiger partial charge on any atom is -0.396 e. The summed E-state index contributed by atoms with van der Waals surface area (Å²) in [5.74, 6) is 0.987. The Morgan fingerprint density at radius 2 is 1.89 bits per heavy atom. The van der Waals surface area contributed by atoms with E-state index in [2.05, 4.69) is 29.4 Å². The smallest absolute Gasteiger partial charge is 0.129 e. The molecular formula is C16H22N2O. The number of unbranched alkanes of at least 4 members (excludes halogenated alkanes) is 3. The maximum atomic E-state index is 8.71. The molecule has 1 aromatic carbocycles. The van der Waals surface area contributed by atoms with E-state index in [0.717, 1.165) is 43.6 Å². The van der Waals surface area contributed by atoms with Gasteiger partial charge in [0.15, 0.2) is 0 Å². The zero-order valence-corrected chi connectivity index (χ0v) is 11.5. The van der Waals surface area contributed by atoms with E-state index < -0.39 is 0 Å². The molecule has 0 aliphatic heterocycles. The van der Waals surface area contributed by atoms with Gasteiger partial charge in [0.2, 0.25) is 0 Å². The number of hydrogen-bond acceptors (Lipinski definition) is 3. The van der Waals surface area contributed by atoms with E-state index in [1.807, 2.05) is 18.2 Å². The quantitative estimate of drug-likeness (QED) is 0.747. The number of pyridine rings is 1. The third-order valence-electron chi connectivity index (χ3n) is 3.29. The Kier molecular flexibility index (Phi) is 5.16. The third kappa shape index (κ3) is 3.93. The Bertz CT molecular complexity index is 525. The fourth-order valence-corrected chi connectivity index (χ4v) is 2.20. The highest BCUT2D eigenvalue weighted by Gasteiger charge is 2.02. The van der Waals surface area contributed by atoms with Crippen molar-refractivity contribution < 1.29 is 5.11 Å². The first-order chi connectivity index (χ1) is 9.31. The molecule has 0 unspecified atom stereocenters. The van der Waals surface area contributed by atoms with Crippen LogP contribution in [0, 0.1) is 6.92 Å². The molecule has 2 N–H and O–H groups in total. The van der Waals surface area contributed by atoms with E-state index in [1.54, 1.807) is 0 Å². The second-order valence-electron chi connectivity index (χ2n) is 4.91. The molecule has 0 bridgehead atoms. The number of hydrogen-bond donors (Lipinski definition) is 2. The van der Waals surface area contributed by atoms with E-state index in [0.29, 0.717) is 6.61 Å². The topological polar surface area (TPSA) is 45.2 Å². The predicted octanol–water partition coefficient (Wildman–Crippen LogP) is 3.51. The lowest BCUT2D eigenvalue weighted by Crippen LogP contribution is -2.05. The van der Waals surface area contributed by atoms with Gasteiger partial charge in [-0.3, -0.25) is 0 Å². The maximum Gasteiger partial charge on any atom is 0.129 e. The van der Waals surface area contributed by atoms with Crippen LogP contribution in [0.5, 0.6) is 0 Å². The SMILES string of the molecule is Cc1cc2ccccc2nc1NCCCCCCO. The molecule has 0 fully saturated rings. The maximum absolute atomic E-state index is 8.71. The standard InChI is InChI=1S/C16H22N2O/c1-13-12-14-8-4-5-9-15(14)18-16(13)17-10-6-2-3-7-11-19/h4-5,8-9,12,19H,2-3,6-7,10-11H2,1H3,(H,17,18). The zero-order chi connectivity index (χ0) is 13.5. The Morgan fingerprint density at radius 3 is 2.74 bits per heavy atom. The second kappa shape index (κ2) is 7.10. The van der Waals surface area contributed by atoms with E-state index in [1.165, 1.54) is 10.9 Å². The summed E-state index contributed by atoms with van der Waals surface area (Å²) in [4.78, 5) is 4.66. The molecule has 1 aromatic heterocycles. The summed E-state index contributed by atoms with van der Waals surface area (Å²) in [6.45, 7) is 3.34. The first kappa shape index (κ1) is 13.8. The van der Waals surface area contributed by atoms with Crippen LogP contribution in [0.3, 0.4) is 0 Å². The summed E-state index contributed by atoms with van der Waals surface area (Å²) in [6, 6.07) is 10.4. The molecule has 0 radical (unpaired) electrons. The van der Waals surface area contributed by atoms with Crippen molar-refractivity contribution in [3.8, 4) is 0 Å². The summed E-state index contributed by atoms with van der Waals surface area (Å²) < 4.78 is 0. The van der Waals surface area contributed by atoms with Gasteiger partial charge in [0, 0.05) is 18.5 Å². The van der Waals surface area contributed by atoms with Crippen molar-refractivity contribution in [1.29, 1.82) is 0 Å². The Morgan fingerprint density at radius 1 is 1.11 bits per heavy atom. The number of fused-ring (bicyclic) bond motifs is 1. The Balaban J connectivity index is 1.91. The number of rotatable bonds is 7. The van der Waals surface area contributed by atoms with E-state index in [-0.39, 0.29) is 0 Å². The summed E-state index contributed by atoms with van der Waals surface area (Å²) in [7, 11) is 0. The minimum absolute atomic E-state index is 0.304. The van der Waals surface area contributed by atoms with Crippen LogP contribution in [0.2, 0.25) is 0 Å². The number of anilines is 1. The predicted molar refractivity (Wildman–Crippen MR) is 80.5 cm³/mol. The van der Waals surface area contributed by atoms with Crippen molar-refractivity contribution in [2.45, 2.75) is 32.6 Å². The molecule has 3 heteroatoms. The molecule has 2 rings (SSSR count). The van der Waals surface area contributed by atoms with Gasteiger partial charge in [-0.05, 0) is 37.5 Å². The molecule has 0 saturated carbocycles. The second-order valence-corrected chi connectivity index (χ2v) is 4.91. The number of aliphatic hydroxyl groups is 1. The average molecular weight is 258 g/mol. The van der Waals surface area contributed by atoms with Gasteiger partial charge in [0.05, 0.1) is 5.52 Å². The first-order valence-corrected chi connectivity index (χ1v) is 7.02. The monoisotopic (exact) mass is 258 g/mol. The molecule has 2 aromatic rings. The van der Waals surface area contributed by atoms with Crippen molar-refractivity contribution in [3.05, 3.63) is 35.9 Å². The first-order valence-electron chi connectivity index (χ1n) is 7.02. The lowest BCUT2D eigenvalue weighted by atomic mass is 10.1. The van der Waals surface area contributed by atoms with Gasteiger partial charge in [-0.15, -0.1) is 0 Å². The van der Waals surface area contributed by atoms with Gasteiger partial charge in [0.1, 0.15) is 5.82 Å². The summed E-state index contributed by atoms with van der Waals surface area (Å²) in [5.41, 5.74) is 2.23. The Hall–Kier alpha value is -1.61.